The van der Waals surface area contributed by atoms with Gasteiger partial charge in [0.25, 0.3) is 0 Å². The van der Waals surface area contributed by atoms with Crippen LogP contribution in [0.15, 0.2) is 28.3 Å². The molecule has 0 saturated carbocycles. The van der Waals surface area contributed by atoms with Crippen LogP contribution in [0.3, 0.4) is 0 Å². The molecule has 1 aromatic heterocycles. The van der Waals surface area contributed by atoms with Gasteiger partial charge >= 0.3 is 0 Å². The summed E-state index contributed by atoms with van der Waals surface area (Å²) >= 11 is 4.41. The maximum atomic E-state index is 13.0. The molecule has 0 aliphatic heterocycles. The van der Waals surface area contributed by atoms with E-state index in [-0.39, 0.29) is 0 Å². The van der Waals surface area contributed by atoms with E-state index in [1.165, 1.54) is 17.4 Å². The molecule has 0 radical (unpaired) electrons. The average molecular weight is 306 g/mol. The van der Waals surface area contributed by atoms with Crippen LogP contribution in [0.5, 0.6) is 0 Å². The Hall–Kier alpha value is -0.850. The first-order chi connectivity index (χ1) is 7.59. The van der Waals surface area contributed by atoms with E-state index < -0.39 is 17.7 Å². The topological polar surface area (TPSA) is 33.1 Å². The Morgan fingerprint density at radius 1 is 1.31 bits per heavy atom. The van der Waals surface area contributed by atoms with Gasteiger partial charge in [0.15, 0.2) is 11.6 Å². The van der Waals surface area contributed by atoms with Crippen LogP contribution in [0.1, 0.15) is 16.5 Å². The van der Waals surface area contributed by atoms with Gasteiger partial charge in [-0.15, -0.1) is 11.3 Å². The van der Waals surface area contributed by atoms with Crippen LogP contribution in [0, 0.1) is 11.6 Å². The van der Waals surface area contributed by atoms with Gasteiger partial charge in [-0.1, -0.05) is 6.07 Å². The van der Waals surface area contributed by atoms with E-state index in [0.29, 0.717) is 15.0 Å². The van der Waals surface area contributed by atoms with Crippen molar-refractivity contribution in [3.05, 3.63) is 50.4 Å². The van der Waals surface area contributed by atoms with E-state index in [1.807, 2.05) is 0 Å². The quantitative estimate of drug-likeness (QED) is 0.924. The van der Waals surface area contributed by atoms with Crippen LogP contribution < -0.4 is 0 Å². The molecule has 6 heteroatoms. The lowest BCUT2D eigenvalue weighted by molar-refractivity contribution is 0.222. The van der Waals surface area contributed by atoms with Gasteiger partial charge in [0, 0.05) is 0 Å². The summed E-state index contributed by atoms with van der Waals surface area (Å²) in [5, 5.41) is 9.93. The molecule has 0 saturated heterocycles. The number of rotatable bonds is 2. The first-order valence-corrected chi connectivity index (χ1v) is 5.98. The number of benzene rings is 1. The minimum absolute atomic E-state index is 0.295. The molecule has 1 unspecified atom stereocenters. The molecule has 0 aliphatic carbocycles. The molecule has 0 spiro atoms. The molecular weight excluding hydrogens is 300 g/mol. The minimum Gasteiger partial charge on any atom is -0.383 e. The first-order valence-electron chi connectivity index (χ1n) is 4.31. The number of hydrogen-bond acceptors (Lipinski definition) is 3. The highest BCUT2D eigenvalue weighted by molar-refractivity contribution is 9.10. The number of aliphatic hydroxyl groups is 1. The van der Waals surface area contributed by atoms with Crippen LogP contribution in [0.4, 0.5) is 8.78 Å². The summed E-state index contributed by atoms with van der Waals surface area (Å²) in [7, 11) is 0. The molecule has 0 aliphatic rings. The number of thiazole rings is 1. The lowest BCUT2D eigenvalue weighted by Crippen LogP contribution is -1.99. The zero-order valence-corrected chi connectivity index (χ0v) is 10.2. The number of aliphatic hydroxyl groups excluding tert-OH is 1. The second-order valence-corrected chi connectivity index (χ2v) is 4.72. The Morgan fingerprint density at radius 3 is 2.62 bits per heavy atom. The predicted molar refractivity (Wildman–Crippen MR) is 60.2 cm³/mol. The predicted octanol–water partition coefficient (Wildman–Crippen LogP) is 3.27. The standard InChI is InChI=1S/C10H6BrF2NOS/c11-10-9(16-4-14-10)8(15)5-1-2-6(12)7(13)3-5/h1-4,8,15H. The van der Waals surface area contributed by atoms with Gasteiger partial charge in [0.05, 0.1) is 10.4 Å². The molecule has 0 bridgehead atoms. The van der Waals surface area contributed by atoms with Crippen LogP contribution in [0.25, 0.3) is 0 Å². The minimum atomic E-state index is -1.00. The van der Waals surface area contributed by atoms with Crippen molar-refractivity contribution in [1.82, 2.24) is 4.98 Å². The van der Waals surface area contributed by atoms with E-state index in [9.17, 15) is 13.9 Å². The van der Waals surface area contributed by atoms with Crippen molar-refractivity contribution in [2.24, 2.45) is 0 Å². The fourth-order valence-corrected chi connectivity index (χ4v) is 2.67. The highest BCUT2D eigenvalue weighted by Crippen LogP contribution is 2.31. The molecule has 16 heavy (non-hydrogen) atoms. The second kappa shape index (κ2) is 4.57. The molecule has 1 N–H and O–H groups in total. The van der Waals surface area contributed by atoms with E-state index in [4.69, 9.17) is 0 Å². The van der Waals surface area contributed by atoms with Crippen LogP contribution >= 0.6 is 27.3 Å². The molecule has 2 nitrogen and oxygen atoms in total. The van der Waals surface area contributed by atoms with Gasteiger partial charge in [0.2, 0.25) is 0 Å². The molecule has 0 fully saturated rings. The zero-order chi connectivity index (χ0) is 11.7. The summed E-state index contributed by atoms with van der Waals surface area (Å²) in [4.78, 5) is 4.47. The van der Waals surface area contributed by atoms with Gasteiger partial charge < -0.3 is 5.11 Å². The third kappa shape index (κ3) is 2.14. The van der Waals surface area contributed by atoms with Crippen LogP contribution in [-0.4, -0.2) is 10.1 Å². The molecule has 1 aromatic carbocycles. The van der Waals surface area contributed by atoms with Crippen molar-refractivity contribution in [2.75, 3.05) is 0 Å². The Morgan fingerprint density at radius 2 is 2.06 bits per heavy atom. The number of hydrogen-bond donors (Lipinski definition) is 1. The van der Waals surface area contributed by atoms with Crippen molar-refractivity contribution in [2.45, 2.75) is 6.10 Å². The smallest absolute Gasteiger partial charge is 0.159 e. The SMILES string of the molecule is OC(c1ccc(F)c(F)c1)c1scnc1Br. The zero-order valence-electron chi connectivity index (χ0n) is 7.82. The maximum absolute atomic E-state index is 13.0. The van der Waals surface area contributed by atoms with E-state index in [1.54, 1.807) is 5.51 Å². The molecule has 1 heterocycles. The largest absolute Gasteiger partial charge is 0.383 e. The van der Waals surface area contributed by atoms with E-state index in [2.05, 4.69) is 20.9 Å². The lowest BCUT2D eigenvalue weighted by Gasteiger charge is -2.09. The van der Waals surface area contributed by atoms with Gasteiger partial charge in [-0.05, 0) is 33.6 Å². The molecule has 2 rings (SSSR count). The average Bonchev–Trinajstić information content (AvgIpc) is 2.67. The van der Waals surface area contributed by atoms with Crippen molar-refractivity contribution < 1.29 is 13.9 Å². The first kappa shape index (κ1) is 11.6. The summed E-state index contributed by atoms with van der Waals surface area (Å²) in [5.41, 5.74) is 1.85. The molecular formula is C10H6BrF2NOS. The van der Waals surface area contributed by atoms with Crippen molar-refractivity contribution in [3.63, 3.8) is 0 Å². The summed E-state index contributed by atoms with van der Waals surface area (Å²) in [6.45, 7) is 0. The van der Waals surface area contributed by atoms with Gasteiger partial charge in [-0.2, -0.15) is 0 Å². The third-order valence-electron chi connectivity index (χ3n) is 2.06. The van der Waals surface area contributed by atoms with E-state index >= 15 is 0 Å². The van der Waals surface area contributed by atoms with Crippen LogP contribution in [0.2, 0.25) is 0 Å². The molecule has 1 atom stereocenters. The van der Waals surface area contributed by atoms with Gasteiger partial charge in [-0.3, -0.25) is 0 Å². The Kier molecular flexibility index (Phi) is 3.32. The van der Waals surface area contributed by atoms with Gasteiger partial charge in [-0.25, -0.2) is 13.8 Å². The molecule has 0 amide bonds. The molecule has 2 aromatic rings. The van der Waals surface area contributed by atoms with Gasteiger partial charge in [0.1, 0.15) is 10.7 Å². The van der Waals surface area contributed by atoms with Crippen molar-refractivity contribution >= 4 is 27.3 Å². The van der Waals surface area contributed by atoms with Crippen LogP contribution in [-0.2, 0) is 0 Å². The fourth-order valence-electron chi connectivity index (χ4n) is 1.25. The second-order valence-electron chi connectivity index (χ2n) is 3.08. The number of aromatic nitrogens is 1. The third-order valence-corrected chi connectivity index (χ3v) is 3.83. The summed E-state index contributed by atoms with van der Waals surface area (Å²) in [6.07, 6.45) is -1.00. The fraction of sp³-hybridized carbons (Fsp3) is 0.100. The number of nitrogens with zero attached hydrogens (tertiary/aromatic N) is 1. The summed E-state index contributed by atoms with van der Waals surface area (Å²) < 4.78 is 26.2. The number of halogens is 3. The highest BCUT2D eigenvalue weighted by atomic mass is 79.9. The van der Waals surface area contributed by atoms with Crippen molar-refractivity contribution in [1.29, 1.82) is 0 Å². The Labute approximate surface area is 103 Å². The summed E-state index contributed by atoms with van der Waals surface area (Å²) in [6, 6.07) is 3.31. The Bertz CT molecular complexity index is 517. The molecule has 84 valence electrons. The lowest BCUT2D eigenvalue weighted by atomic mass is 10.1. The monoisotopic (exact) mass is 305 g/mol. The summed E-state index contributed by atoms with van der Waals surface area (Å²) in [5.74, 6) is -1.91. The highest BCUT2D eigenvalue weighted by Gasteiger charge is 2.17. The maximum Gasteiger partial charge on any atom is 0.159 e. The Balaban J connectivity index is 2.38. The van der Waals surface area contributed by atoms with Crippen molar-refractivity contribution in [3.8, 4) is 0 Å². The van der Waals surface area contributed by atoms with E-state index in [0.717, 1.165) is 12.1 Å². The normalized spacial score (nSPS) is 12.8.